The van der Waals surface area contributed by atoms with Crippen molar-refractivity contribution in [2.45, 2.75) is 30.7 Å². The van der Waals surface area contributed by atoms with E-state index in [2.05, 4.69) is 21.6 Å². The summed E-state index contributed by atoms with van der Waals surface area (Å²) in [5.74, 6) is 0. The van der Waals surface area contributed by atoms with E-state index in [0.717, 1.165) is 59.1 Å². The maximum absolute atomic E-state index is 13.6. The van der Waals surface area contributed by atoms with Crippen LogP contribution >= 0.6 is 11.6 Å². The molecule has 9 heteroatoms. The van der Waals surface area contributed by atoms with Crippen LogP contribution in [0.2, 0.25) is 5.02 Å². The third kappa shape index (κ3) is 4.91. The summed E-state index contributed by atoms with van der Waals surface area (Å²) in [5, 5.41) is 9.38. The van der Waals surface area contributed by atoms with Gasteiger partial charge in [-0.1, -0.05) is 54.1 Å². The van der Waals surface area contributed by atoms with Gasteiger partial charge >= 0.3 is 0 Å². The molecule has 0 bridgehead atoms. The van der Waals surface area contributed by atoms with E-state index in [9.17, 15) is 8.42 Å². The molecule has 198 valence electrons. The molecule has 0 unspecified atom stereocenters. The molecule has 0 saturated carbocycles. The number of nitrogens with one attached hydrogen (secondary N) is 1. The molecule has 5 aromatic rings. The Morgan fingerprint density at radius 1 is 0.974 bits per heavy atom. The Balaban J connectivity index is 1.47. The first-order chi connectivity index (χ1) is 18.9. The molecule has 39 heavy (non-hydrogen) atoms. The van der Waals surface area contributed by atoms with Crippen molar-refractivity contribution in [2.24, 2.45) is 0 Å². The molecule has 1 N–H and O–H groups in total. The van der Waals surface area contributed by atoms with Crippen molar-refractivity contribution in [3.63, 3.8) is 0 Å². The van der Waals surface area contributed by atoms with Crippen LogP contribution in [0.4, 0.5) is 0 Å². The van der Waals surface area contributed by atoms with Crippen LogP contribution in [0.5, 0.6) is 0 Å². The monoisotopic (exact) mass is 557 g/mol. The van der Waals surface area contributed by atoms with E-state index in [1.165, 1.54) is 3.97 Å². The zero-order chi connectivity index (χ0) is 27.0. The minimum absolute atomic E-state index is 0.202. The van der Waals surface area contributed by atoms with Crippen LogP contribution in [0.3, 0.4) is 0 Å². The molecular formula is C30H28ClN5O2S. The second kappa shape index (κ2) is 10.4. The van der Waals surface area contributed by atoms with Crippen LogP contribution in [0.15, 0.2) is 84.3 Å². The number of aromatic nitrogens is 4. The Morgan fingerprint density at radius 3 is 2.54 bits per heavy atom. The molecule has 6 rings (SSSR count). The SMILES string of the molecule is Cc1cccc(Cl)c1/C=C\c1cn(S(=O)(=O)c2ccccc2)c2ncc(-c3cnn(C4CCNCC4)c3)cc12. The van der Waals surface area contributed by atoms with Gasteiger partial charge in [-0.05, 0) is 68.2 Å². The lowest BCUT2D eigenvalue weighted by atomic mass is 10.1. The predicted molar refractivity (Wildman–Crippen MR) is 156 cm³/mol. The maximum Gasteiger partial charge on any atom is 0.269 e. The molecule has 4 heterocycles. The van der Waals surface area contributed by atoms with Gasteiger partial charge in [-0.15, -0.1) is 0 Å². The highest BCUT2D eigenvalue weighted by atomic mass is 35.5. The van der Waals surface area contributed by atoms with Gasteiger partial charge in [-0.25, -0.2) is 17.4 Å². The van der Waals surface area contributed by atoms with E-state index in [1.54, 1.807) is 42.7 Å². The first kappa shape index (κ1) is 25.6. The van der Waals surface area contributed by atoms with Crippen LogP contribution < -0.4 is 5.32 Å². The minimum Gasteiger partial charge on any atom is -0.317 e. The van der Waals surface area contributed by atoms with Gasteiger partial charge in [-0.3, -0.25) is 4.68 Å². The van der Waals surface area contributed by atoms with Crippen molar-refractivity contribution < 1.29 is 8.42 Å². The molecular weight excluding hydrogens is 530 g/mol. The smallest absolute Gasteiger partial charge is 0.269 e. The van der Waals surface area contributed by atoms with Gasteiger partial charge in [0.2, 0.25) is 0 Å². The molecule has 1 fully saturated rings. The van der Waals surface area contributed by atoms with E-state index in [1.807, 2.05) is 54.2 Å². The maximum atomic E-state index is 13.6. The molecule has 0 aliphatic carbocycles. The van der Waals surface area contributed by atoms with Crippen molar-refractivity contribution >= 4 is 44.8 Å². The number of hydrogen-bond acceptors (Lipinski definition) is 5. The topological polar surface area (TPSA) is 81.8 Å². The fraction of sp³-hybridized carbons (Fsp3) is 0.200. The molecule has 1 aliphatic heterocycles. The average molecular weight is 558 g/mol. The summed E-state index contributed by atoms with van der Waals surface area (Å²) in [4.78, 5) is 4.86. The number of halogens is 1. The second-order valence-corrected chi connectivity index (χ2v) is 12.0. The third-order valence-corrected chi connectivity index (χ3v) is 9.25. The zero-order valence-corrected chi connectivity index (χ0v) is 23.0. The number of nitrogens with zero attached hydrogens (tertiary/aromatic N) is 4. The molecule has 3 aromatic heterocycles. The number of hydrogen-bond donors (Lipinski definition) is 1. The van der Waals surface area contributed by atoms with E-state index in [4.69, 9.17) is 11.6 Å². The summed E-state index contributed by atoms with van der Waals surface area (Å²) in [7, 11) is -3.86. The number of aryl methyl sites for hydroxylation is 1. The van der Waals surface area contributed by atoms with Crippen LogP contribution in [0, 0.1) is 6.92 Å². The highest BCUT2D eigenvalue weighted by molar-refractivity contribution is 7.90. The van der Waals surface area contributed by atoms with Gasteiger partial charge in [0.25, 0.3) is 10.0 Å². The number of piperidine rings is 1. The van der Waals surface area contributed by atoms with Crippen molar-refractivity contribution in [3.8, 4) is 11.1 Å². The number of fused-ring (bicyclic) bond motifs is 1. The Kier molecular flexibility index (Phi) is 6.85. The Morgan fingerprint density at radius 2 is 1.77 bits per heavy atom. The van der Waals surface area contributed by atoms with E-state index in [0.29, 0.717) is 16.7 Å². The molecule has 0 amide bonds. The highest BCUT2D eigenvalue weighted by Gasteiger charge is 2.22. The van der Waals surface area contributed by atoms with Gasteiger partial charge in [0, 0.05) is 45.7 Å². The minimum atomic E-state index is -3.86. The summed E-state index contributed by atoms with van der Waals surface area (Å²) in [6, 6.07) is 16.5. The summed E-state index contributed by atoms with van der Waals surface area (Å²) < 4.78 is 30.6. The first-order valence-electron chi connectivity index (χ1n) is 12.9. The van der Waals surface area contributed by atoms with Gasteiger partial charge in [0.1, 0.15) is 0 Å². The van der Waals surface area contributed by atoms with E-state index in [-0.39, 0.29) is 4.90 Å². The van der Waals surface area contributed by atoms with Gasteiger partial charge < -0.3 is 5.32 Å². The fourth-order valence-electron chi connectivity index (χ4n) is 5.07. The summed E-state index contributed by atoms with van der Waals surface area (Å²) >= 11 is 6.47. The Labute approximate surface area is 232 Å². The quantitative estimate of drug-likeness (QED) is 0.269. The Bertz CT molecular complexity index is 1760. The lowest BCUT2D eigenvalue weighted by Crippen LogP contribution is -2.29. The number of rotatable bonds is 6. The summed E-state index contributed by atoms with van der Waals surface area (Å²) in [6.07, 6.45) is 13.2. The molecule has 2 aromatic carbocycles. The number of pyridine rings is 1. The standard InChI is InChI=1S/C30H28ClN5O2S/c1-21-6-5-9-29(31)27(21)11-10-22-20-36(39(37,38)26-7-3-2-4-8-26)30-28(22)16-23(17-33-30)24-18-34-35(19-24)25-12-14-32-15-13-25/h2-11,16-20,25,32H,12-15H2,1H3/b11-10-. The van der Waals surface area contributed by atoms with Crippen molar-refractivity contribution in [3.05, 3.63) is 101 Å². The lowest BCUT2D eigenvalue weighted by molar-refractivity contribution is 0.343. The van der Waals surface area contributed by atoms with Crippen molar-refractivity contribution in [1.82, 2.24) is 24.1 Å². The van der Waals surface area contributed by atoms with Gasteiger partial charge in [0.05, 0.1) is 17.1 Å². The zero-order valence-electron chi connectivity index (χ0n) is 21.5. The van der Waals surface area contributed by atoms with Crippen LogP contribution in [-0.4, -0.2) is 40.2 Å². The molecule has 1 aliphatic rings. The normalized spacial score (nSPS) is 14.9. The van der Waals surface area contributed by atoms with Crippen LogP contribution in [0.1, 0.15) is 35.6 Å². The van der Waals surface area contributed by atoms with E-state index >= 15 is 0 Å². The third-order valence-electron chi connectivity index (χ3n) is 7.26. The average Bonchev–Trinajstić information content (AvgIpc) is 3.60. The highest BCUT2D eigenvalue weighted by Crippen LogP contribution is 2.31. The molecule has 7 nitrogen and oxygen atoms in total. The molecule has 0 spiro atoms. The predicted octanol–water partition coefficient (Wildman–Crippen LogP) is 6.19. The number of benzene rings is 2. The van der Waals surface area contributed by atoms with Crippen molar-refractivity contribution in [2.75, 3.05) is 13.1 Å². The lowest BCUT2D eigenvalue weighted by Gasteiger charge is -2.22. The Hall–Kier alpha value is -3.72. The second-order valence-electron chi connectivity index (χ2n) is 9.79. The van der Waals surface area contributed by atoms with Gasteiger partial charge in [-0.2, -0.15) is 5.10 Å². The molecule has 0 radical (unpaired) electrons. The molecule has 0 atom stereocenters. The first-order valence-corrected chi connectivity index (χ1v) is 14.7. The fourth-order valence-corrected chi connectivity index (χ4v) is 6.71. The van der Waals surface area contributed by atoms with E-state index < -0.39 is 10.0 Å². The summed E-state index contributed by atoms with van der Waals surface area (Å²) in [5.41, 5.74) is 4.83. The van der Waals surface area contributed by atoms with Crippen LogP contribution in [-0.2, 0) is 10.0 Å². The largest absolute Gasteiger partial charge is 0.317 e. The van der Waals surface area contributed by atoms with Crippen molar-refractivity contribution in [1.29, 1.82) is 0 Å². The van der Waals surface area contributed by atoms with Gasteiger partial charge in [0.15, 0.2) is 5.65 Å². The van der Waals surface area contributed by atoms with Crippen LogP contribution in [0.25, 0.3) is 34.3 Å². The molecule has 1 saturated heterocycles. The summed E-state index contributed by atoms with van der Waals surface area (Å²) in [6.45, 7) is 3.96.